The predicted octanol–water partition coefficient (Wildman–Crippen LogP) is 2.40. The third kappa shape index (κ3) is 2.63. The number of hydrogen-bond donors (Lipinski definition) is 0. The van der Waals surface area contributed by atoms with Crippen molar-refractivity contribution in [2.45, 2.75) is 6.61 Å². The Hall–Kier alpha value is -2.85. The molecular weight excluding hydrogens is 226 g/mol. The van der Waals surface area contributed by atoms with E-state index in [-0.39, 0.29) is 6.61 Å². The van der Waals surface area contributed by atoms with E-state index in [0.29, 0.717) is 17.0 Å². The fourth-order valence-electron chi connectivity index (χ4n) is 1.47. The maximum Gasteiger partial charge on any atom is 0.147 e. The summed E-state index contributed by atoms with van der Waals surface area (Å²) >= 11 is 0. The zero-order valence-electron chi connectivity index (χ0n) is 9.50. The Morgan fingerprint density at radius 2 is 2.00 bits per heavy atom. The number of hydrogen-bond acceptors (Lipinski definition) is 4. The van der Waals surface area contributed by atoms with Crippen LogP contribution in [0.25, 0.3) is 0 Å². The van der Waals surface area contributed by atoms with E-state index in [4.69, 9.17) is 15.3 Å². The van der Waals surface area contributed by atoms with Crippen molar-refractivity contribution in [1.29, 1.82) is 10.5 Å². The van der Waals surface area contributed by atoms with Crippen molar-refractivity contribution < 1.29 is 4.74 Å². The van der Waals surface area contributed by atoms with Gasteiger partial charge in [-0.15, -0.1) is 0 Å². The summed E-state index contributed by atoms with van der Waals surface area (Å²) in [5.41, 5.74) is 1.62. The Morgan fingerprint density at radius 1 is 1.11 bits per heavy atom. The third-order valence-electron chi connectivity index (χ3n) is 2.35. The molecule has 86 valence electrons. The molecular formula is C14H9N3O. The molecule has 4 nitrogen and oxygen atoms in total. The van der Waals surface area contributed by atoms with Crippen LogP contribution in [0.15, 0.2) is 42.6 Å². The highest BCUT2D eigenvalue weighted by Crippen LogP contribution is 2.15. The second kappa shape index (κ2) is 5.47. The van der Waals surface area contributed by atoms with Gasteiger partial charge in [0.1, 0.15) is 24.1 Å². The van der Waals surface area contributed by atoms with Gasteiger partial charge in [-0.3, -0.25) is 0 Å². The molecule has 18 heavy (non-hydrogen) atoms. The minimum absolute atomic E-state index is 0.256. The lowest BCUT2D eigenvalue weighted by Gasteiger charge is -2.06. The van der Waals surface area contributed by atoms with Gasteiger partial charge in [0.25, 0.3) is 0 Å². The molecule has 0 atom stereocenters. The Balaban J connectivity index is 2.12. The number of nitriles is 2. The van der Waals surface area contributed by atoms with Crippen molar-refractivity contribution in [3.8, 4) is 17.9 Å². The average molecular weight is 235 g/mol. The number of nitrogens with zero attached hydrogens (tertiary/aromatic N) is 3. The number of aromatic nitrogens is 1. The van der Waals surface area contributed by atoms with Crippen LogP contribution in [0.2, 0.25) is 0 Å². The Kier molecular flexibility index (Phi) is 3.53. The molecule has 1 aromatic carbocycles. The van der Waals surface area contributed by atoms with Gasteiger partial charge in [-0.1, -0.05) is 12.1 Å². The highest BCUT2D eigenvalue weighted by atomic mass is 16.5. The molecule has 0 N–H and O–H groups in total. The molecule has 0 amide bonds. The highest BCUT2D eigenvalue weighted by molar-refractivity contribution is 5.36. The molecule has 0 saturated heterocycles. The second-order valence-corrected chi connectivity index (χ2v) is 3.55. The van der Waals surface area contributed by atoms with Crippen LogP contribution in [0, 0.1) is 22.7 Å². The van der Waals surface area contributed by atoms with Crippen LogP contribution in [0.3, 0.4) is 0 Å². The molecule has 0 saturated carbocycles. The summed E-state index contributed by atoms with van der Waals surface area (Å²) < 4.78 is 5.53. The molecule has 2 aromatic rings. The summed E-state index contributed by atoms with van der Waals surface area (Å²) in [6.07, 6.45) is 1.57. The van der Waals surface area contributed by atoms with E-state index in [0.717, 1.165) is 5.56 Å². The molecule has 0 fully saturated rings. The molecule has 1 heterocycles. The maximum atomic E-state index is 8.89. The predicted molar refractivity (Wildman–Crippen MR) is 64.4 cm³/mol. The van der Waals surface area contributed by atoms with Gasteiger partial charge in [0, 0.05) is 11.8 Å². The van der Waals surface area contributed by atoms with E-state index >= 15 is 0 Å². The van der Waals surface area contributed by atoms with Crippen LogP contribution in [-0.2, 0) is 6.61 Å². The monoisotopic (exact) mass is 235 g/mol. The SMILES string of the molecule is N#Cc1cccc(OCc2cccnc2C#N)c1. The molecule has 0 bridgehead atoms. The summed E-state index contributed by atoms with van der Waals surface area (Å²) in [6, 6.07) is 14.5. The Bertz CT molecular complexity index is 638. The van der Waals surface area contributed by atoms with Gasteiger partial charge < -0.3 is 4.74 Å². The molecule has 0 spiro atoms. The molecule has 0 radical (unpaired) electrons. The highest BCUT2D eigenvalue weighted by Gasteiger charge is 2.03. The van der Waals surface area contributed by atoms with Crippen molar-refractivity contribution in [1.82, 2.24) is 4.98 Å². The first kappa shape index (κ1) is 11.6. The van der Waals surface area contributed by atoms with Crippen molar-refractivity contribution in [2.24, 2.45) is 0 Å². The van der Waals surface area contributed by atoms with Crippen molar-refractivity contribution in [3.05, 3.63) is 59.4 Å². The van der Waals surface area contributed by atoms with Crippen LogP contribution in [0.5, 0.6) is 5.75 Å². The van der Waals surface area contributed by atoms with Crippen LogP contribution in [0.4, 0.5) is 0 Å². The van der Waals surface area contributed by atoms with Crippen molar-refractivity contribution in [2.75, 3.05) is 0 Å². The third-order valence-corrected chi connectivity index (χ3v) is 2.35. The van der Waals surface area contributed by atoms with Crippen LogP contribution in [0.1, 0.15) is 16.8 Å². The summed E-state index contributed by atoms with van der Waals surface area (Å²) in [7, 11) is 0. The summed E-state index contributed by atoms with van der Waals surface area (Å²) in [6.45, 7) is 0.256. The van der Waals surface area contributed by atoms with E-state index in [1.165, 1.54) is 0 Å². The minimum Gasteiger partial charge on any atom is -0.489 e. The zero-order chi connectivity index (χ0) is 12.8. The summed E-state index contributed by atoms with van der Waals surface area (Å²) in [4.78, 5) is 3.95. The normalized spacial score (nSPS) is 9.22. The molecule has 0 aliphatic rings. The maximum absolute atomic E-state index is 8.89. The van der Waals surface area contributed by atoms with Gasteiger partial charge in [-0.2, -0.15) is 10.5 Å². The van der Waals surface area contributed by atoms with Gasteiger partial charge in [0.15, 0.2) is 0 Å². The fraction of sp³-hybridized carbons (Fsp3) is 0.0714. The largest absolute Gasteiger partial charge is 0.489 e. The minimum atomic E-state index is 0.256. The van der Waals surface area contributed by atoms with E-state index < -0.39 is 0 Å². The first-order chi connectivity index (χ1) is 8.83. The van der Waals surface area contributed by atoms with E-state index in [9.17, 15) is 0 Å². The van der Waals surface area contributed by atoms with Gasteiger partial charge in [-0.05, 0) is 24.3 Å². The molecule has 2 rings (SSSR count). The second-order valence-electron chi connectivity index (χ2n) is 3.55. The molecule has 0 aliphatic carbocycles. The average Bonchev–Trinajstić information content (AvgIpc) is 2.45. The lowest BCUT2D eigenvalue weighted by atomic mass is 10.2. The number of rotatable bonds is 3. The Labute approximate surface area is 105 Å². The van der Waals surface area contributed by atoms with E-state index in [1.54, 1.807) is 42.6 Å². The molecule has 4 heteroatoms. The lowest BCUT2D eigenvalue weighted by molar-refractivity contribution is 0.305. The molecule has 0 unspecified atom stereocenters. The van der Waals surface area contributed by atoms with Crippen LogP contribution in [-0.4, -0.2) is 4.98 Å². The summed E-state index contributed by atoms with van der Waals surface area (Å²) in [5, 5.41) is 17.7. The van der Waals surface area contributed by atoms with E-state index in [1.807, 2.05) is 12.1 Å². The molecule has 1 aromatic heterocycles. The van der Waals surface area contributed by atoms with Gasteiger partial charge in [-0.25, -0.2) is 4.98 Å². The number of benzene rings is 1. The van der Waals surface area contributed by atoms with Gasteiger partial charge in [0.05, 0.1) is 11.6 Å². The lowest BCUT2D eigenvalue weighted by Crippen LogP contribution is -1.99. The summed E-state index contributed by atoms with van der Waals surface area (Å²) in [5.74, 6) is 0.599. The quantitative estimate of drug-likeness (QED) is 0.819. The van der Waals surface area contributed by atoms with Crippen LogP contribution >= 0.6 is 0 Å². The van der Waals surface area contributed by atoms with Crippen LogP contribution < -0.4 is 4.74 Å². The van der Waals surface area contributed by atoms with Crippen molar-refractivity contribution in [3.63, 3.8) is 0 Å². The fourth-order valence-corrected chi connectivity index (χ4v) is 1.47. The Morgan fingerprint density at radius 3 is 2.78 bits per heavy atom. The first-order valence-corrected chi connectivity index (χ1v) is 5.30. The number of pyridine rings is 1. The smallest absolute Gasteiger partial charge is 0.147 e. The molecule has 0 aliphatic heterocycles. The van der Waals surface area contributed by atoms with Gasteiger partial charge >= 0.3 is 0 Å². The first-order valence-electron chi connectivity index (χ1n) is 5.30. The standard InChI is InChI=1S/C14H9N3O/c15-8-11-3-1-5-13(7-11)18-10-12-4-2-6-17-14(12)9-16/h1-7H,10H2. The van der Waals surface area contributed by atoms with E-state index in [2.05, 4.69) is 4.98 Å². The zero-order valence-corrected chi connectivity index (χ0v) is 9.50. The number of ether oxygens (including phenoxy) is 1. The van der Waals surface area contributed by atoms with Crippen molar-refractivity contribution >= 4 is 0 Å². The topological polar surface area (TPSA) is 69.7 Å². The van der Waals surface area contributed by atoms with Gasteiger partial charge in [0.2, 0.25) is 0 Å².